The van der Waals surface area contributed by atoms with E-state index in [1.165, 1.54) is 0 Å². The zero-order valence-corrected chi connectivity index (χ0v) is 19.1. The second kappa shape index (κ2) is 11.6. The van der Waals surface area contributed by atoms with Gasteiger partial charge in [0.25, 0.3) is 11.8 Å². The van der Waals surface area contributed by atoms with Gasteiger partial charge in [-0.15, -0.1) is 0 Å². The van der Waals surface area contributed by atoms with Crippen LogP contribution in [-0.4, -0.2) is 39.7 Å². The average Bonchev–Trinajstić information content (AvgIpc) is 3.42. The van der Waals surface area contributed by atoms with Crippen molar-refractivity contribution in [2.24, 2.45) is 0 Å². The second-order valence-corrected chi connectivity index (χ2v) is 7.91. The lowest BCUT2D eigenvalue weighted by atomic mass is 10.1. The standard InChI is InChI=1S/C27H26N4O4/c32-26(29-13-4-15-31-16-14-28-19-31)23(17-20-9-11-22(12-10-20)27(33)30-34)18-35-25-8-3-6-21-5-1-2-7-24(21)25/h1-3,5-12,14,16-17,19,34H,4,13,15,18H2,(H,29,32)(H,30,33). The molecule has 178 valence electrons. The van der Waals surface area contributed by atoms with Gasteiger partial charge in [-0.25, -0.2) is 10.5 Å². The number of fused-ring (bicyclic) bond motifs is 1. The van der Waals surface area contributed by atoms with E-state index >= 15 is 0 Å². The zero-order valence-electron chi connectivity index (χ0n) is 19.1. The summed E-state index contributed by atoms with van der Waals surface area (Å²) in [7, 11) is 0. The van der Waals surface area contributed by atoms with Crippen LogP contribution in [0, 0.1) is 0 Å². The molecular formula is C27H26N4O4. The molecule has 0 atom stereocenters. The number of carbonyl (C=O) groups excluding carboxylic acids is 2. The fourth-order valence-corrected chi connectivity index (χ4v) is 3.64. The number of ether oxygens (including phenoxy) is 1. The normalized spacial score (nSPS) is 11.3. The van der Waals surface area contributed by atoms with E-state index in [1.54, 1.807) is 48.3 Å². The summed E-state index contributed by atoms with van der Waals surface area (Å²) >= 11 is 0. The van der Waals surface area contributed by atoms with Crippen LogP contribution in [0.3, 0.4) is 0 Å². The molecule has 0 spiro atoms. The number of nitrogens with zero attached hydrogens (tertiary/aromatic N) is 2. The smallest absolute Gasteiger partial charge is 0.274 e. The minimum absolute atomic E-state index is 0.0697. The van der Waals surface area contributed by atoms with Crippen molar-refractivity contribution in [2.75, 3.05) is 13.2 Å². The number of imidazole rings is 1. The Morgan fingerprint density at radius 2 is 1.83 bits per heavy atom. The predicted molar refractivity (Wildman–Crippen MR) is 133 cm³/mol. The molecule has 0 radical (unpaired) electrons. The van der Waals surface area contributed by atoms with Crippen molar-refractivity contribution in [1.29, 1.82) is 0 Å². The lowest BCUT2D eigenvalue weighted by molar-refractivity contribution is -0.117. The first-order chi connectivity index (χ1) is 17.1. The van der Waals surface area contributed by atoms with Crippen molar-refractivity contribution in [3.05, 3.63) is 102 Å². The molecule has 0 aliphatic rings. The molecule has 35 heavy (non-hydrogen) atoms. The highest BCUT2D eigenvalue weighted by atomic mass is 16.5. The maximum absolute atomic E-state index is 13.0. The summed E-state index contributed by atoms with van der Waals surface area (Å²) in [4.78, 5) is 28.6. The van der Waals surface area contributed by atoms with Gasteiger partial charge >= 0.3 is 0 Å². The molecule has 3 N–H and O–H groups in total. The third-order valence-electron chi connectivity index (χ3n) is 5.48. The highest BCUT2D eigenvalue weighted by molar-refractivity contribution is 5.98. The number of hydrogen-bond acceptors (Lipinski definition) is 5. The van der Waals surface area contributed by atoms with Crippen molar-refractivity contribution in [2.45, 2.75) is 13.0 Å². The van der Waals surface area contributed by atoms with Crippen molar-refractivity contribution in [1.82, 2.24) is 20.3 Å². The van der Waals surface area contributed by atoms with Gasteiger partial charge in [-0.05, 0) is 41.6 Å². The Hall–Kier alpha value is -4.43. The van der Waals surface area contributed by atoms with Crippen LogP contribution >= 0.6 is 0 Å². The molecule has 1 heterocycles. The van der Waals surface area contributed by atoms with E-state index in [4.69, 9.17) is 9.94 Å². The number of amides is 2. The molecule has 0 bridgehead atoms. The lowest BCUT2D eigenvalue weighted by Crippen LogP contribution is -2.29. The van der Waals surface area contributed by atoms with Crippen LogP contribution < -0.4 is 15.5 Å². The number of aryl methyl sites for hydroxylation is 1. The largest absolute Gasteiger partial charge is 0.488 e. The molecule has 0 fully saturated rings. The number of aromatic nitrogens is 2. The Balaban J connectivity index is 1.49. The molecule has 0 saturated heterocycles. The zero-order chi connectivity index (χ0) is 24.5. The van der Waals surface area contributed by atoms with E-state index in [9.17, 15) is 9.59 Å². The number of benzene rings is 3. The Kier molecular flexibility index (Phi) is 7.88. The Morgan fingerprint density at radius 1 is 1.03 bits per heavy atom. The van der Waals surface area contributed by atoms with Gasteiger partial charge in [0, 0.05) is 36.4 Å². The molecule has 3 aromatic carbocycles. The van der Waals surface area contributed by atoms with Gasteiger partial charge in [0.15, 0.2) is 0 Å². The van der Waals surface area contributed by atoms with E-state index in [0.717, 1.165) is 29.3 Å². The molecule has 0 aliphatic heterocycles. The van der Waals surface area contributed by atoms with E-state index in [2.05, 4.69) is 10.3 Å². The molecule has 8 nitrogen and oxygen atoms in total. The summed E-state index contributed by atoms with van der Waals surface area (Å²) in [5.74, 6) is -0.138. The van der Waals surface area contributed by atoms with Crippen LogP contribution in [0.2, 0.25) is 0 Å². The summed E-state index contributed by atoms with van der Waals surface area (Å²) in [6.07, 6.45) is 7.83. The fraction of sp³-hybridized carbons (Fsp3) is 0.148. The molecule has 8 heteroatoms. The second-order valence-electron chi connectivity index (χ2n) is 7.91. The van der Waals surface area contributed by atoms with Gasteiger partial charge < -0.3 is 14.6 Å². The van der Waals surface area contributed by atoms with Gasteiger partial charge in [0.1, 0.15) is 12.4 Å². The summed E-state index contributed by atoms with van der Waals surface area (Å²) in [5, 5.41) is 13.8. The van der Waals surface area contributed by atoms with Crippen LogP contribution in [0.1, 0.15) is 22.3 Å². The highest BCUT2D eigenvalue weighted by Crippen LogP contribution is 2.25. The quantitative estimate of drug-likeness (QED) is 0.141. The summed E-state index contributed by atoms with van der Waals surface area (Å²) < 4.78 is 8.04. The number of rotatable bonds is 10. The van der Waals surface area contributed by atoms with E-state index < -0.39 is 5.91 Å². The Morgan fingerprint density at radius 3 is 2.60 bits per heavy atom. The van der Waals surface area contributed by atoms with Crippen molar-refractivity contribution in [3.8, 4) is 5.75 Å². The average molecular weight is 471 g/mol. The monoisotopic (exact) mass is 470 g/mol. The van der Waals surface area contributed by atoms with Crippen LogP contribution in [0.15, 0.2) is 91.0 Å². The van der Waals surface area contributed by atoms with Gasteiger partial charge in [-0.2, -0.15) is 0 Å². The molecule has 1 aromatic heterocycles. The molecule has 0 aliphatic carbocycles. The molecule has 0 saturated carbocycles. The van der Waals surface area contributed by atoms with Crippen molar-refractivity contribution >= 4 is 28.7 Å². The van der Waals surface area contributed by atoms with Crippen LogP contribution in [0.25, 0.3) is 16.8 Å². The molecular weight excluding hydrogens is 444 g/mol. The molecule has 4 rings (SSSR count). The third-order valence-corrected chi connectivity index (χ3v) is 5.48. The first-order valence-electron chi connectivity index (χ1n) is 11.2. The van der Waals surface area contributed by atoms with Crippen LogP contribution in [0.5, 0.6) is 5.75 Å². The molecule has 0 unspecified atom stereocenters. The fourth-order valence-electron chi connectivity index (χ4n) is 3.64. The van der Waals surface area contributed by atoms with Crippen LogP contribution in [-0.2, 0) is 11.3 Å². The highest BCUT2D eigenvalue weighted by Gasteiger charge is 2.12. The number of hydroxylamine groups is 1. The molecule has 2 amide bonds. The van der Waals surface area contributed by atoms with Crippen LogP contribution in [0.4, 0.5) is 0 Å². The summed E-state index contributed by atoms with van der Waals surface area (Å²) in [6, 6.07) is 20.3. The van der Waals surface area contributed by atoms with Gasteiger partial charge in [0.05, 0.1) is 11.9 Å². The van der Waals surface area contributed by atoms with E-state index in [-0.39, 0.29) is 12.5 Å². The SMILES string of the molecule is O=C(NCCCn1ccnc1)C(=Cc1ccc(C(=O)NO)cc1)COc1cccc2ccccc12. The van der Waals surface area contributed by atoms with Gasteiger partial charge in [0.2, 0.25) is 0 Å². The summed E-state index contributed by atoms with van der Waals surface area (Å²) in [5.41, 5.74) is 3.09. The first kappa shape index (κ1) is 23.7. The lowest BCUT2D eigenvalue weighted by Gasteiger charge is -2.13. The topological polar surface area (TPSA) is 105 Å². The number of hydrogen-bond donors (Lipinski definition) is 3. The maximum atomic E-state index is 13.0. The number of nitrogens with one attached hydrogen (secondary N) is 2. The molecule has 4 aromatic rings. The van der Waals surface area contributed by atoms with E-state index in [0.29, 0.717) is 23.4 Å². The minimum atomic E-state index is -0.601. The first-order valence-corrected chi connectivity index (χ1v) is 11.2. The maximum Gasteiger partial charge on any atom is 0.274 e. The van der Waals surface area contributed by atoms with Crippen molar-refractivity contribution < 1.29 is 19.5 Å². The van der Waals surface area contributed by atoms with Crippen molar-refractivity contribution in [3.63, 3.8) is 0 Å². The predicted octanol–water partition coefficient (Wildman–Crippen LogP) is 3.82. The van der Waals surface area contributed by atoms with E-state index in [1.807, 2.05) is 53.2 Å². The van der Waals surface area contributed by atoms with Gasteiger partial charge in [-0.3, -0.25) is 14.8 Å². The number of carbonyl (C=O) groups is 2. The Labute approximate surface area is 202 Å². The summed E-state index contributed by atoms with van der Waals surface area (Å²) in [6.45, 7) is 1.32. The van der Waals surface area contributed by atoms with Gasteiger partial charge in [-0.1, -0.05) is 48.5 Å². The minimum Gasteiger partial charge on any atom is -0.488 e. The third kappa shape index (κ3) is 6.33. The Bertz CT molecular complexity index is 1310.